The Bertz CT molecular complexity index is 694. The van der Waals surface area contributed by atoms with Crippen molar-refractivity contribution < 1.29 is 9.00 Å². The maximum Gasteiger partial charge on any atom is 0.235 e. The van der Waals surface area contributed by atoms with Crippen molar-refractivity contribution in [2.24, 2.45) is 0 Å². The number of carbonyl (C=O) groups excluding carboxylic acids is 1. The van der Waals surface area contributed by atoms with E-state index in [0.29, 0.717) is 5.75 Å². The number of nitrogens with zero attached hydrogens (tertiary/aromatic N) is 2. The first-order valence-corrected chi connectivity index (χ1v) is 9.49. The Balaban J connectivity index is 1.97. The molecule has 1 aromatic heterocycles. The van der Waals surface area contributed by atoms with Crippen LogP contribution in [0.15, 0.2) is 42.7 Å². The molecule has 1 amide bonds. The van der Waals surface area contributed by atoms with Gasteiger partial charge in [-0.15, -0.1) is 0 Å². The Labute approximate surface area is 145 Å². The van der Waals surface area contributed by atoms with Crippen LogP contribution in [0.2, 0.25) is 0 Å². The Morgan fingerprint density at radius 2 is 2.00 bits per heavy atom. The number of aromatic nitrogens is 2. The van der Waals surface area contributed by atoms with Gasteiger partial charge in [0.2, 0.25) is 5.91 Å². The van der Waals surface area contributed by atoms with Gasteiger partial charge < -0.3 is 5.32 Å². The molecule has 0 spiro atoms. The lowest BCUT2D eigenvalue weighted by Gasteiger charge is -2.26. The highest BCUT2D eigenvalue weighted by atomic mass is 32.2. The topological polar surface area (TPSA) is 64.0 Å². The molecule has 1 heterocycles. The molecule has 24 heavy (non-hydrogen) atoms. The van der Waals surface area contributed by atoms with Gasteiger partial charge in [0.25, 0.3) is 0 Å². The zero-order chi connectivity index (χ0) is 17.7. The molecule has 0 radical (unpaired) electrons. The minimum atomic E-state index is -1.26. The second kappa shape index (κ2) is 7.75. The highest BCUT2D eigenvalue weighted by molar-refractivity contribution is 7.85. The summed E-state index contributed by atoms with van der Waals surface area (Å²) in [7, 11) is -1.26. The van der Waals surface area contributed by atoms with Gasteiger partial charge in [-0.1, -0.05) is 19.1 Å². The summed E-state index contributed by atoms with van der Waals surface area (Å²) in [6.45, 7) is 7.67. The van der Waals surface area contributed by atoms with Gasteiger partial charge in [-0.05, 0) is 51.0 Å². The second-order valence-electron chi connectivity index (χ2n) is 6.51. The number of hydrogen-bond acceptors (Lipinski definition) is 3. The Kier molecular flexibility index (Phi) is 5.94. The molecule has 2 rings (SSSR count). The summed E-state index contributed by atoms with van der Waals surface area (Å²) in [6.07, 6.45) is 4.42. The van der Waals surface area contributed by atoms with E-state index >= 15 is 0 Å². The molecule has 0 saturated heterocycles. The van der Waals surface area contributed by atoms with Crippen LogP contribution in [-0.4, -0.2) is 30.7 Å². The van der Waals surface area contributed by atoms with Crippen LogP contribution in [0.1, 0.15) is 39.7 Å². The van der Waals surface area contributed by atoms with Gasteiger partial charge in [0.15, 0.2) is 0 Å². The van der Waals surface area contributed by atoms with Crippen LogP contribution in [0, 0.1) is 0 Å². The van der Waals surface area contributed by atoms with E-state index in [4.69, 9.17) is 0 Å². The van der Waals surface area contributed by atoms with E-state index in [1.807, 2.05) is 57.3 Å². The Hall–Kier alpha value is -1.95. The lowest BCUT2D eigenvalue weighted by atomic mass is 10.0. The molecule has 0 fully saturated rings. The second-order valence-corrected chi connectivity index (χ2v) is 8.27. The number of hydrogen-bond donors (Lipinski definition) is 1. The van der Waals surface area contributed by atoms with Gasteiger partial charge in [-0.25, -0.2) is 4.68 Å². The standard InChI is InChI=1S/C18H25N3O2S/c1-5-18(3,4)20-17(22)14(2)24(23)13-15-7-9-16(10-8-15)21-12-6-11-19-21/h6-12,14H,5,13H2,1-4H3,(H,20,22)/t14-,24-/m0/s1. The Morgan fingerprint density at radius 3 is 2.54 bits per heavy atom. The molecule has 1 aromatic carbocycles. The van der Waals surface area contributed by atoms with Crippen molar-refractivity contribution in [2.75, 3.05) is 0 Å². The molecule has 6 heteroatoms. The monoisotopic (exact) mass is 347 g/mol. The van der Waals surface area contributed by atoms with Gasteiger partial charge in [-0.3, -0.25) is 9.00 Å². The summed E-state index contributed by atoms with van der Waals surface area (Å²) in [4.78, 5) is 12.2. The fourth-order valence-electron chi connectivity index (χ4n) is 2.10. The van der Waals surface area contributed by atoms with E-state index < -0.39 is 16.0 Å². The van der Waals surface area contributed by atoms with Crippen molar-refractivity contribution in [1.29, 1.82) is 0 Å². The summed E-state index contributed by atoms with van der Waals surface area (Å²) in [5.41, 5.74) is 1.62. The average molecular weight is 347 g/mol. The van der Waals surface area contributed by atoms with Crippen molar-refractivity contribution >= 4 is 16.7 Å². The number of benzene rings is 1. The fourth-order valence-corrected chi connectivity index (χ4v) is 3.17. The minimum absolute atomic E-state index is 0.159. The normalized spacial score (nSPS) is 14.2. The molecule has 0 unspecified atom stereocenters. The van der Waals surface area contributed by atoms with Crippen molar-refractivity contribution in [1.82, 2.24) is 15.1 Å². The van der Waals surface area contributed by atoms with E-state index in [0.717, 1.165) is 17.7 Å². The number of carbonyl (C=O) groups is 1. The van der Waals surface area contributed by atoms with E-state index in [-0.39, 0.29) is 11.4 Å². The van der Waals surface area contributed by atoms with Crippen LogP contribution in [-0.2, 0) is 21.3 Å². The lowest BCUT2D eigenvalue weighted by molar-refractivity contribution is -0.121. The van der Waals surface area contributed by atoms with E-state index in [9.17, 15) is 9.00 Å². The third-order valence-electron chi connectivity index (χ3n) is 4.12. The largest absolute Gasteiger partial charge is 0.350 e. The molecule has 5 nitrogen and oxygen atoms in total. The van der Waals surface area contributed by atoms with Crippen LogP contribution >= 0.6 is 0 Å². The van der Waals surface area contributed by atoms with Crippen LogP contribution in [0.3, 0.4) is 0 Å². The molecular formula is C18H25N3O2S. The SMILES string of the molecule is CCC(C)(C)NC(=O)[C@H](C)[S@@](=O)Cc1ccc(-n2cccn2)cc1. The molecular weight excluding hydrogens is 322 g/mol. The van der Waals surface area contributed by atoms with Crippen LogP contribution in [0.4, 0.5) is 0 Å². The summed E-state index contributed by atoms with van der Waals surface area (Å²) in [5.74, 6) is 0.203. The minimum Gasteiger partial charge on any atom is -0.350 e. The lowest BCUT2D eigenvalue weighted by Crippen LogP contribution is -2.47. The van der Waals surface area contributed by atoms with Gasteiger partial charge in [-0.2, -0.15) is 5.10 Å². The van der Waals surface area contributed by atoms with Crippen molar-refractivity contribution in [3.8, 4) is 5.69 Å². The maximum absolute atomic E-state index is 12.5. The first-order valence-electron chi connectivity index (χ1n) is 8.10. The molecule has 0 saturated carbocycles. The zero-order valence-corrected chi connectivity index (χ0v) is 15.5. The van der Waals surface area contributed by atoms with Crippen LogP contribution < -0.4 is 5.32 Å². The highest BCUT2D eigenvalue weighted by Crippen LogP contribution is 2.13. The maximum atomic E-state index is 12.5. The molecule has 130 valence electrons. The first kappa shape index (κ1) is 18.4. The first-order chi connectivity index (χ1) is 11.3. The van der Waals surface area contributed by atoms with Crippen LogP contribution in [0.25, 0.3) is 5.69 Å². The summed E-state index contributed by atoms with van der Waals surface area (Å²) < 4.78 is 14.2. The predicted molar refractivity (Wildman–Crippen MR) is 97.4 cm³/mol. The molecule has 1 N–H and O–H groups in total. The number of amides is 1. The summed E-state index contributed by atoms with van der Waals surface area (Å²) in [5, 5.41) is 6.59. The van der Waals surface area contributed by atoms with Gasteiger partial charge in [0, 0.05) is 34.5 Å². The molecule has 0 aliphatic heterocycles. The molecule has 0 aliphatic rings. The van der Waals surface area contributed by atoms with E-state index in [1.54, 1.807) is 17.8 Å². The Morgan fingerprint density at radius 1 is 1.33 bits per heavy atom. The van der Waals surface area contributed by atoms with Gasteiger partial charge in [0.05, 0.1) is 5.69 Å². The third kappa shape index (κ3) is 4.77. The quantitative estimate of drug-likeness (QED) is 0.838. The highest BCUT2D eigenvalue weighted by Gasteiger charge is 2.25. The van der Waals surface area contributed by atoms with Gasteiger partial charge >= 0.3 is 0 Å². The zero-order valence-electron chi connectivity index (χ0n) is 14.7. The molecule has 0 aliphatic carbocycles. The third-order valence-corrected chi connectivity index (χ3v) is 5.74. The molecule has 0 bridgehead atoms. The predicted octanol–water partition coefficient (Wildman–Crippen LogP) is 2.81. The number of nitrogens with one attached hydrogen (secondary N) is 1. The van der Waals surface area contributed by atoms with E-state index in [1.165, 1.54) is 0 Å². The number of rotatable bonds is 7. The summed E-state index contributed by atoms with van der Waals surface area (Å²) in [6, 6.07) is 9.58. The van der Waals surface area contributed by atoms with Crippen molar-refractivity contribution in [3.05, 3.63) is 48.3 Å². The molecule has 2 atom stereocenters. The van der Waals surface area contributed by atoms with E-state index in [2.05, 4.69) is 10.4 Å². The van der Waals surface area contributed by atoms with Crippen molar-refractivity contribution in [2.45, 2.75) is 50.7 Å². The van der Waals surface area contributed by atoms with Crippen LogP contribution in [0.5, 0.6) is 0 Å². The fraction of sp³-hybridized carbons (Fsp3) is 0.444. The van der Waals surface area contributed by atoms with Crippen molar-refractivity contribution in [3.63, 3.8) is 0 Å². The summed E-state index contributed by atoms with van der Waals surface area (Å²) >= 11 is 0. The molecule has 2 aromatic rings. The smallest absolute Gasteiger partial charge is 0.235 e. The van der Waals surface area contributed by atoms with Gasteiger partial charge in [0.1, 0.15) is 5.25 Å². The average Bonchev–Trinajstić information content (AvgIpc) is 3.08.